The topological polar surface area (TPSA) is 153 Å². The van der Waals surface area contributed by atoms with Crippen LogP contribution in [0.25, 0.3) is 0 Å². The van der Waals surface area contributed by atoms with Gasteiger partial charge in [-0.25, -0.2) is 0 Å². The van der Waals surface area contributed by atoms with Crippen LogP contribution in [-0.2, 0) is 16.0 Å². The van der Waals surface area contributed by atoms with Crippen molar-refractivity contribution in [2.75, 3.05) is 6.61 Å². The molecule has 1 aliphatic heterocycles. The number of ketones is 1. The number of benzene rings is 1. The molecule has 134 valence electrons. The molecule has 6 atom stereocenters. The normalized spacial score (nSPS) is 31.6. The van der Waals surface area contributed by atoms with Gasteiger partial charge in [0.25, 0.3) is 0 Å². The predicted octanol–water partition coefficient (Wildman–Crippen LogP) is -1.94. The molecule has 0 radical (unpaired) electrons. The molecule has 0 aliphatic carbocycles. The summed E-state index contributed by atoms with van der Waals surface area (Å²) in [5, 5.41) is 47.7. The van der Waals surface area contributed by atoms with Crippen molar-refractivity contribution in [1.29, 1.82) is 0 Å². The number of nitrogens with two attached hydrogens (primary N) is 1. The Morgan fingerprint density at radius 3 is 2.25 bits per heavy atom. The Hall–Kier alpha value is -1.55. The van der Waals surface area contributed by atoms with Gasteiger partial charge in [0, 0.05) is 6.42 Å². The molecule has 1 aromatic carbocycles. The molecule has 1 fully saturated rings. The van der Waals surface area contributed by atoms with E-state index in [1.807, 2.05) is 0 Å². The van der Waals surface area contributed by atoms with Crippen LogP contribution >= 0.6 is 0 Å². The third kappa shape index (κ3) is 4.29. The van der Waals surface area contributed by atoms with E-state index in [1.165, 1.54) is 12.1 Å². The van der Waals surface area contributed by atoms with Gasteiger partial charge in [-0.1, -0.05) is 12.1 Å². The lowest BCUT2D eigenvalue weighted by Crippen LogP contribution is -2.59. The Morgan fingerprint density at radius 2 is 1.67 bits per heavy atom. The van der Waals surface area contributed by atoms with Gasteiger partial charge < -0.3 is 36.0 Å². The van der Waals surface area contributed by atoms with Gasteiger partial charge in [0.15, 0.2) is 5.78 Å². The minimum atomic E-state index is -1.51. The number of carbonyl (C=O) groups excluding carboxylic acids is 1. The van der Waals surface area contributed by atoms with E-state index in [0.717, 1.165) is 5.56 Å². The standard InChI is InChI=1S/C16H23NO7/c17-10(5-8-1-3-9(19)4-2-8)11(20)6-12-14(21)16(23)15(22)13(7-18)24-12/h1-4,10,12-16,18-19,21-23H,5-7,17H2/t10-,12-,13+,14-,15+,16+/m0/s1. The van der Waals surface area contributed by atoms with E-state index in [0.29, 0.717) is 0 Å². The molecule has 8 nitrogen and oxygen atoms in total. The Bertz CT molecular complexity index is 548. The van der Waals surface area contributed by atoms with Crippen molar-refractivity contribution in [2.24, 2.45) is 5.73 Å². The van der Waals surface area contributed by atoms with E-state index in [1.54, 1.807) is 12.1 Å². The summed E-state index contributed by atoms with van der Waals surface area (Å²) in [6.07, 6.45) is -6.53. The van der Waals surface area contributed by atoms with Crippen LogP contribution in [0.5, 0.6) is 5.75 Å². The number of aliphatic hydroxyl groups is 4. The second kappa shape index (κ2) is 8.02. The molecule has 1 aliphatic rings. The maximum atomic E-state index is 12.2. The van der Waals surface area contributed by atoms with Crippen LogP contribution in [0.3, 0.4) is 0 Å². The second-order valence-electron chi connectivity index (χ2n) is 6.01. The average Bonchev–Trinajstić information content (AvgIpc) is 2.57. The van der Waals surface area contributed by atoms with E-state index < -0.39 is 43.2 Å². The Balaban J connectivity index is 1.96. The molecule has 0 saturated carbocycles. The number of phenolic OH excluding ortho intramolecular Hbond substituents is 1. The molecular formula is C16H23NO7. The van der Waals surface area contributed by atoms with Gasteiger partial charge in [0.1, 0.15) is 30.2 Å². The van der Waals surface area contributed by atoms with Crippen molar-refractivity contribution in [3.05, 3.63) is 29.8 Å². The summed E-state index contributed by atoms with van der Waals surface area (Å²) in [4.78, 5) is 12.2. The zero-order valence-electron chi connectivity index (χ0n) is 13.0. The first-order valence-corrected chi connectivity index (χ1v) is 7.70. The van der Waals surface area contributed by atoms with Gasteiger partial charge in [0.2, 0.25) is 0 Å². The highest BCUT2D eigenvalue weighted by Crippen LogP contribution is 2.24. The van der Waals surface area contributed by atoms with Crippen LogP contribution in [0, 0.1) is 0 Å². The number of hydrogen-bond acceptors (Lipinski definition) is 8. The molecule has 0 spiro atoms. The van der Waals surface area contributed by atoms with Gasteiger partial charge in [-0.15, -0.1) is 0 Å². The molecule has 0 bridgehead atoms. The van der Waals surface area contributed by atoms with E-state index in [9.17, 15) is 25.2 Å². The highest BCUT2D eigenvalue weighted by atomic mass is 16.5. The van der Waals surface area contributed by atoms with Crippen molar-refractivity contribution < 1.29 is 35.1 Å². The fourth-order valence-electron chi connectivity index (χ4n) is 2.70. The smallest absolute Gasteiger partial charge is 0.152 e. The van der Waals surface area contributed by atoms with Crippen LogP contribution in [0.15, 0.2) is 24.3 Å². The van der Waals surface area contributed by atoms with Crippen molar-refractivity contribution in [1.82, 2.24) is 0 Å². The van der Waals surface area contributed by atoms with E-state index in [-0.39, 0.29) is 24.4 Å². The summed E-state index contributed by atoms with van der Waals surface area (Å²) in [5.74, 6) is -0.271. The number of aliphatic hydroxyl groups excluding tert-OH is 4. The van der Waals surface area contributed by atoms with E-state index in [4.69, 9.17) is 15.6 Å². The van der Waals surface area contributed by atoms with Gasteiger partial charge >= 0.3 is 0 Å². The van der Waals surface area contributed by atoms with Crippen molar-refractivity contribution in [3.8, 4) is 5.75 Å². The molecule has 2 rings (SSSR count). The lowest BCUT2D eigenvalue weighted by molar-refractivity contribution is -0.229. The highest BCUT2D eigenvalue weighted by Gasteiger charge is 2.44. The molecule has 1 heterocycles. The quantitative estimate of drug-likeness (QED) is 0.349. The zero-order chi connectivity index (χ0) is 17.9. The largest absolute Gasteiger partial charge is 0.508 e. The maximum absolute atomic E-state index is 12.2. The molecule has 1 aromatic rings. The van der Waals surface area contributed by atoms with Crippen LogP contribution in [-0.4, -0.2) is 74.5 Å². The third-order valence-corrected chi connectivity index (χ3v) is 4.20. The number of phenols is 1. The monoisotopic (exact) mass is 341 g/mol. The SMILES string of the molecule is N[C@@H](Cc1ccc(O)cc1)C(=O)C[C@@H]1O[C@H](CO)[C@@H](O)[C@H](O)[C@H]1O. The molecule has 8 heteroatoms. The van der Waals surface area contributed by atoms with E-state index in [2.05, 4.69) is 0 Å². The third-order valence-electron chi connectivity index (χ3n) is 4.20. The minimum absolute atomic E-state index is 0.111. The fourth-order valence-corrected chi connectivity index (χ4v) is 2.70. The number of ether oxygens (including phenoxy) is 1. The van der Waals surface area contributed by atoms with Crippen LogP contribution in [0.4, 0.5) is 0 Å². The molecule has 0 aromatic heterocycles. The summed E-state index contributed by atoms with van der Waals surface area (Å²) in [7, 11) is 0. The highest BCUT2D eigenvalue weighted by molar-refractivity contribution is 5.84. The Morgan fingerprint density at radius 1 is 1.08 bits per heavy atom. The summed E-state index contributed by atoms with van der Waals surface area (Å²) in [6.45, 7) is -0.546. The summed E-state index contributed by atoms with van der Waals surface area (Å²) < 4.78 is 5.30. The number of hydrogen-bond donors (Lipinski definition) is 6. The van der Waals surface area contributed by atoms with Crippen LogP contribution < -0.4 is 5.73 Å². The Labute approximate surface area is 139 Å². The van der Waals surface area contributed by atoms with Gasteiger partial charge in [0.05, 0.1) is 18.8 Å². The second-order valence-corrected chi connectivity index (χ2v) is 6.01. The minimum Gasteiger partial charge on any atom is -0.508 e. The molecule has 1 saturated heterocycles. The zero-order valence-corrected chi connectivity index (χ0v) is 13.0. The van der Waals surface area contributed by atoms with Crippen molar-refractivity contribution in [3.63, 3.8) is 0 Å². The maximum Gasteiger partial charge on any atom is 0.152 e. The first-order chi connectivity index (χ1) is 11.3. The van der Waals surface area contributed by atoms with E-state index >= 15 is 0 Å². The number of carbonyl (C=O) groups is 1. The fraction of sp³-hybridized carbons (Fsp3) is 0.562. The first-order valence-electron chi connectivity index (χ1n) is 7.70. The number of Topliss-reactive ketones (excluding diaryl/α,β-unsaturated/α-hetero) is 1. The number of rotatable bonds is 6. The lowest BCUT2D eigenvalue weighted by Gasteiger charge is -2.40. The van der Waals surface area contributed by atoms with Gasteiger partial charge in [-0.05, 0) is 24.1 Å². The van der Waals surface area contributed by atoms with Gasteiger partial charge in [-0.2, -0.15) is 0 Å². The van der Waals surface area contributed by atoms with Crippen molar-refractivity contribution in [2.45, 2.75) is 49.4 Å². The molecule has 7 N–H and O–H groups in total. The summed E-state index contributed by atoms with van der Waals surface area (Å²) >= 11 is 0. The molecule has 0 amide bonds. The summed E-state index contributed by atoms with van der Waals surface area (Å²) in [5.41, 5.74) is 6.63. The van der Waals surface area contributed by atoms with Crippen LogP contribution in [0.2, 0.25) is 0 Å². The average molecular weight is 341 g/mol. The van der Waals surface area contributed by atoms with Gasteiger partial charge in [-0.3, -0.25) is 4.79 Å². The lowest BCUT2D eigenvalue weighted by atomic mass is 9.90. The number of aromatic hydroxyl groups is 1. The summed E-state index contributed by atoms with van der Waals surface area (Å²) in [6, 6.07) is 5.43. The molecular weight excluding hydrogens is 318 g/mol. The molecule has 24 heavy (non-hydrogen) atoms. The van der Waals surface area contributed by atoms with Crippen LogP contribution in [0.1, 0.15) is 12.0 Å². The molecule has 0 unspecified atom stereocenters. The first kappa shape index (κ1) is 18.8. The predicted molar refractivity (Wildman–Crippen MR) is 83.2 cm³/mol. The Kier molecular flexibility index (Phi) is 6.27. The van der Waals surface area contributed by atoms with Crippen molar-refractivity contribution >= 4 is 5.78 Å².